The normalized spacial score (nSPS) is 21.0. The molecule has 142 valence electrons. The largest absolute Gasteiger partial charge is 0.361 e. The summed E-state index contributed by atoms with van der Waals surface area (Å²) in [5.74, 6) is 0.903. The number of aliphatic imine (C=N–C) groups is 1. The molecule has 1 aliphatic carbocycles. The first-order valence-electron chi connectivity index (χ1n) is 9.19. The first kappa shape index (κ1) is 19.8. The maximum Gasteiger partial charge on any atom is 0.191 e. The molecule has 2 aliphatic rings. The van der Waals surface area contributed by atoms with E-state index in [1.165, 1.54) is 36.8 Å². The summed E-state index contributed by atoms with van der Waals surface area (Å²) in [6.45, 7) is 3.21. The monoisotopic (exact) mass is 487 g/mol. The number of aromatic amines is 1. The quantitative estimate of drug-likeness (QED) is 0.344. The van der Waals surface area contributed by atoms with Crippen molar-refractivity contribution in [2.75, 3.05) is 26.7 Å². The van der Waals surface area contributed by atoms with Crippen LogP contribution in [0.3, 0.4) is 0 Å². The lowest BCUT2D eigenvalue weighted by molar-refractivity contribution is 0.321. The number of H-pyrrole nitrogens is 1. The average molecular weight is 488 g/mol. The van der Waals surface area contributed by atoms with E-state index in [1.807, 2.05) is 25.2 Å². The molecule has 1 atom stereocenters. The van der Waals surface area contributed by atoms with Crippen LogP contribution in [0.2, 0.25) is 5.02 Å². The highest BCUT2D eigenvalue weighted by Crippen LogP contribution is 2.29. The smallest absolute Gasteiger partial charge is 0.191 e. The second kappa shape index (κ2) is 8.80. The lowest BCUT2D eigenvalue weighted by Crippen LogP contribution is -2.45. The van der Waals surface area contributed by atoms with Crippen molar-refractivity contribution in [1.82, 2.24) is 20.5 Å². The molecular weight excluding hydrogens is 461 g/mol. The van der Waals surface area contributed by atoms with Crippen LogP contribution in [0.25, 0.3) is 10.9 Å². The molecule has 1 saturated heterocycles. The van der Waals surface area contributed by atoms with Gasteiger partial charge >= 0.3 is 0 Å². The van der Waals surface area contributed by atoms with Crippen LogP contribution >= 0.6 is 35.6 Å². The summed E-state index contributed by atoms with van der Waals surface area (Å²) < 4.78 is 0. The van der Waals surface area contributed by atoms with E-state index >= 15 is 0 Å². The summed E-state index contributed by atoms with van der Waals surface area (Å²) in [4.78, 5) is 10.3. The molecule has 3 N–H and O–H groups in total. The van der Waals surface area contributed by atoms with Gasteiger partial charge in [0, 0.05) is 60.9 Å². The van der Waals surface area contributed by atoms with Crippen molar-refractivity contribution in [3.8, 4) is 0 Å². The zero-order chi connectivity index (χ0) is 17.2. The Morgan fingerprint density at radius 1 is 1.35 bits per heavy atom. The summed E-state index contributed by atoms with van der Waals surface area (Å²) in [6.07, 6.45) is 6.98. The third-order valence-corrected chi connectivity index (χ3v) is 5.50. The number of rotatable bonds is 5. The van der Waals surface area contributed by atoms with E-state index in [0.29, 0.717) is 6.04 Å². The van der Waals surface area contributed by atoms with Gasteiger partial charge in [0.2, 0.25) is 0 Å². The first-order chi connectivity index (χ1) is 12.2. The molecule has 0 bridgehead atoms. The Morgan fingerprint density at radius 2 is 2.19 bits per heavy atom. The molecule has 2 heterocycles. The van der Waals surface area contributed by atoms with Crippen LogP contribution in [0.1, 0.15) is 24.8 Å². The van der Waals surface area contributed by atoms with Gasteiger partial charge in [-0.2, -0.15) is 0 Å². The Balaban J connectivity index is 0.00000196. The van der Waals surface area contributed by atoms with Crippen molar-refractivity contribution in [3.05, 3.63) is 35.0 Å². The SMILES string of the molecule is CN=C(NCCc1c[nH]c2ccc(Cl)cc12)NC1CCN(C2CC2)C1.I. The van der Waals surface area contributed by atoms with Crippen molar-refractivity contribution >= 4 is 52.4 Å². The third-order valence-electron chi connectivity index (χ3n) is 5.26. The number of nitrogens with zero attached hydrogens (tertiary/aromatic N) is 2. The summed E-state index contributed by atoms with van der Waals surface area (Å²) in [5.41, 5.74) is 2.41. The van der Waals surface area contributed by atoms with Crippen LogP contribution in [-0.4, -0.2) is 54.6 Å². The van der Waals surface area contributed by atoms with E-state index in [1.54, 1.807) is 0 Å². The number of halogens is 2. The minimum atomic E-state index is 0. The van der Waals surface area contributed by atoms with Crippen LogP contribution in [0.15, 0.2) is 29.4 Å². The molecule has 7 heteroatoms. The van der Waals surface area contributed by atoms with Gasteiger partial charge in [0.05, 0.1) is 0 Å². The number of hydrogen-bond acceptors (Lipinski definition) is 2. The molecule has 1 unspecified atom stereocenters. The maximum atomic E-state index is 6.13. The highest BCUT2D eigenvalue weighted by Gasteiger charge is 2.34. The fourth-order valence-electron chi connectivity index (χ4n) is 3.74. The van der Waals surface area contributed by atoms with Gasteiger partial charge in [0.25, 0.3) is 0 Å². The molecule has 26 heavy (non-hydrogen) atoms. The van der Waals surface area contributed by atoms with Crippen LogP contribution in [0.5, 0.6) is 0 Å². The summed E-state index contributed by atoms with van der Waals surface area (Å²) in [6, 6.07) is 7.34. The minimum absolute atomic E-state index is 0. The third kappa shape index (κ3) is 4.64. The van der Waals surface area contributed by atoms with Crippen LogP contribution in [-0.2, 0) is 6.42 Å². The minimum Gasteiger partial charge on any atom is -0.361 e. The zero-order valence-corrected chi connectivity index (χ0v) is 18.2. The number of hydrogen-bond donors (Lipinski definition) is 3. The van der Waals surface area contributed by atoms with Gasteiger partial charge in [0.15, 0.2) is 5.96 Å². The molecule has 1 saturated carbocycles. The van der Waals surface area contributed by atoms with E-state index in [4.69, 9.17) is 11.6 Å². The Hall–Kier alpha value is -0.990. The second-order valence-electron chi connectivity index (χ2n) is 7.11. The number of guanidine groups is 1. The number of aromatic nitrogens is 1. The predicted octanol–water partition coefficient (Wildman–Crippen LogP) is 3.38. The predicted molar refractivity (Wildman–Crippen MR) is 120 cm³/mol. The first-order valence-corrected chi connectivity index (χ1v) is 9.57. The number of fused-ring (bicyclic) bond motifs is 1. The molecule has 2 fully saturated rings. The fraction of sp³-hybridized carbons (Fsp3) is 0.526. The molecule has 0 radical (unpaired) electrons. The molecular formula is C19H27ClIN5. The standard InChI is InChI=1S/C19H26ClN5.HI/c1-21-19(24-15-7-9-25(12-15)16-3-4-16)22-8-6-13-11-23-18-5-2-14(20)10-17(13)18;/h2,5,10-11,15-16,23H,3-4,6-9,12H2,1H3,(H2,21,22,24);1H. The van der Waals surface area contributed by atoms with Crippen molar-refractivity contribution in [2.45, 2.75) is 37.8 Å². The Kier molecular flexibility index (Phi) is 6.69. The Labute approximate surface area is 177 Å². The van der Waals surface area contributed by atoms with Crippen LogP contribution in [0.4, 0.5) is 0 Å². The maximum absolute atomic E-state index is 6.13. The van der Waals surface area contributed by atoms with E-state index in [-0.39, 0.29) is 24.0 Å². The van der Waals surface area contributed by atoms with E-state index in [2.05, 4.69) is 31.7 Å². The highest BCUT2D eigenvalue weighted by molar-refractivity contribution is 14.0. The van der Waals surface area contributed by atoms with Gasteiger partial charge in [-0.3, -0.25) is 9.89 Å². The Bertz CT molecular complexity index is 770. The van der Waals surface area contributed by atoms with Gasteiger partial charge in [0.1, 0.15) is 0 Å². The molecule has 0 spiro atoms. The topological polar surface area (TPSA) is 55.5 Å². The Morgan fingerprint density at radius 3 is 2.96 bits per heavy atom. The molecule has 5 nitrogen and oxygen atoms in total. The van der Waals surface area contributed by atoms with Crippen molar-refractivity contribution < 1.29 is 0 Å². The van der Waals surface area contributed by atoms with Gasteiger partial charge in [-0.1, -0.05) is 11.6 Å². The van der Waals surface area contributed by atoms with E-state index in [9.17, 15) is 0 Å². The molecule has 2 aromatic rings. The number of likely N-dealkylation sites (tertiary alicyclic amines) is 1. The van der Waals surface area contributed by atoms with E-state index in [0.717, 1.165) is 42.1 Å². The lowest BCUT2D eigenvalue weighted by Gasteiger charge is -2.18. The molecule has 1 aromatic heterocycles. The van der Waals surface area contributed by atoms with Gasteiger partial charge in [-0.05, 0) is 49.4 Å². The second-order valence-corrected chi connectivity index (χ2v) is 7.55. The fourth-order valence-corrected chi connectivity index (χ4v) is 3.91. The van der Waals surface area contributed by atoms with Crippen molar-refractivity contribution in [1.29, 1.82) is 0 Å². The van der Waals surface area contributed by atoms with Crippen molar-refractivity contribution in [3.63, 3.8) is 0 Å². The summed E-state index contributed by atoms with van der Waals surface area (Å²) in [5, 5.41) is 9.00. The molecule has 0 amide bonds. The summed E-state index contributed by atoms with van der Waals surface area (Å²) in [7, 11) is 1.84. The van der Waals surface area contributed by atoms with Gasteiger partial charge < -0.3 is 15.6 Å². The molecule has 1 aliphatic heterocycles. The van der Waals surface area contributed by atoms with Crippen molar-refractivity contribution in [2.24, 2.45) is 4.99 Å². The lowest BCUT2D eigenvalue weighted by atomic mass is 10.1. The zero-order valence-electron chi connectivity index (χ0n) is 15.1. The molecule has 1 aromatic carbocycles. The van der Waals surface area contributed by atoms with E-state index < -0.39 is 0 Å². The highest BCUT2D eigenvalue weighted by atomic mass is 127. The number of benzene rings is 1. The van der Waals surface area contributed by atoms with Gasteiger partial charge in [-0.15, -0.1) is 24.0 Å². The van der Waals surface area contributed by atoms with Crippen LogP contribution < -0.4 is 10.6 Å². The van der Waals surface area contributed by atoms with Gasteiger partial charge in [-0.25, -0.2) is 0 Å². The number of nitrogens with one attached hydrogen (secondary N) is 3. The summed E-state index contributed by atoms with van der Waals surface area (Å²) >= 11 is 6.13. The van der Waals surface area contributed by atoms with Crippen LogP contribution in [0, 0.1) is 0 Å². The average Bonchev–Trinajstić information content (AvgIpc) is 3.24. The molecule has 4 rings (SSSR count).